The van der Waals surface area contributed by atoms with Gasteiger partial charge in [-0.1, -0.05) is 6.92 Å². The van der Waals surface area contributed by atoms with Gasteiger partial charge in [0, 0.05) is 24.1 Å². The average molecular weight is 226 g/mol. The molecule has 3 nitrogen and oxygen atoms in total. The van der Waals surface area contributed by atoms with Crippen molar-refractivity contribution < 1.29 is 5.11 Å². The minimum atomic E-state index is 0.226. The molecule has 4 heteroatoms. The van der Waals surface area contributed by atoms with Gasteiger partial charge in [0.2, 0.25) is 0 Å². The van der Waals surface area contributed by atoms with E-state index in [9.17, 15) is 0 Å². The minimum absolute atomic E-state index is 0.226. The van der Waals surface area contributed by atoms with Crippen molar-refractivity contribution in [2.45, 2.75) is 32.2 Å². The van der Waals surface area contributed by atoms with Crippen molar-refractivity contribution in [1.82, 2.24) is 9.88 Å². The van der Waals surface area contributed by atoms with Crippen LogP contribution in [-0.4, -0.2) is 34.7 Å². The van der Waals surface area contributed by atoms with E-state index in [-0.39, 0.29) is 6.61 Å². The van der Waals surface area contributed by atoms with Crippen LogP contribution in [0.5, 0.6) is 0 Å². The highest BCUT2D eigenvalue weighted by Crippen LogP contribution is 2.33. The molecule has 1 atom stereocenters. The first kappa shape index (κ1) is 11.0. The molecule has 15 heavy (non-hydrogen) atoms. The fourth-order valence-corrected chi connectivity index (χ4v) is 3.26. The number of aromatic nitrogens is 1. The number of aliphatic hydroxyl groups excluding tert-OH is 1. The van der Waals surface area contributed by atoms with Crippen LogP contribution < -0.4 is 0 Å². The van der Waals surface area contributed by atoms with E-state index in [0.717, 1.165) is 13.0 Å². The number of hydrogen-bond donors (Lipinski definition) is 1. The van der Waals surface area contributed by atoms with Crippen LogP contribution in [0.25, 0.3) is 0 Å². The third-order valence-electron chi connectivity index (χ3n) is 2.98. The van der Waals surface area contributed by atoms with Gasteiger partial charge in [-0.3, -0.25) is 4.90 Å². The predicted octanol–water partition coefficient (Wildman–Crippen LogP) is 1.83. The van der Waals surface area contributed by atoms with E-state index in [2.05, 4.69) is 16.8 Å². The van der Waals surface area contributed by atoms with E-state index >= 15 is 0 Å². The van der Waals surface area contributed by atoms with Crippen molar-refractivity contribution in [3.05, 3.63) is 16.1 Å². The molecular formula is C11H18N2OS. The molecule has 2 rings (SSSR count). The first-order valence-corrected chi connectivity index (χ1v) is 6.46. The number of thiazole rings is 1. The summed E-state index contributed by atoms with van der Waals surface area (Å²) in [5.74, 6) is 0. The molecule has 0 spiro atoms. The zero-order chi connectivity index (χ0) is 10.7. The minimum Gasteiger partial charge on any atom is -0.396 e. The summed E-state index contributed by atoms with van der Waals surface area (Å²) in [6.07, 6.45) is 5.19. The number of rotatable bonds is 4. The second-order valence-electron chi connectivity index (χ2n) is 3.93. The van der Waals surface area contributed by atoms with Crippen molar-refractivity contribution in [1.29, 1.82) is 0 Å². The molecule has 1 saturated heterocycles. The van der Waals surface area contributed by atoms with Crippen LogP contribution in [0.1, 0.15) is 35.7 Å². The van der Waals surface area contributed by atoms with Crippen LogP contribution >= 0.6 is 11.3 Å². The van der Waals surface area contributed by atoms with E-state index in [4.69, 9.17) is 5.11 Å². The highest BCUT2D eigenvalue weighted by atomic mass is 32.1. The van der Waals surface area contributed by atoms with Gasteiger partial charge in [-0.05, 0) is 25.9 Å². The van der Waals surface area contributed by atoms with Gasteiger partial charge in [-0.2, -0.15) is 0 Å². The molecule has 1 aromatic heterocycles. The van der Waals surface area contributed by atoms with Gasteiger partial charge in [-0.25, -0.2) is 4.98 Å². The topological polar surface area (TPSA) is 36.4 Å². The van der Waals surface area contributed by atoms with Gasteiger partial charge in [0.1, 0.15) is 5.01 Å². The van der Waals surface area contributed by atoms with Crippen molar-refractivity contribution >= 4 is 11.3 Å². The summed E-state index contributed by atoms with van der Waals surface area (Å²) in [5, 5.41) is 10.1. The molecule has 2 heterocycles. The molecule has 1 aliphatic rings. The van der Waals surface area contributed by atoms with Crippen LogP contribution in [0.15, 0.2) is 6.20 Å². The third-order valence-corrected chi connectivity index (χ3v) is 4.14. The van der Waals surface area contributed by atoms with Gasteiger partial charge in [0.15, 0.2) is 0 Å². The molecule has 1 aromatic rings. The highest BCUT2D eigenvalue weighted by Gasteiger charge is 2.26. The summed E-state index contributed by atoms with van der Waals surface area (Å²) < 4.78 is 0. The Morgan fingerprint density at radius 3 is 3.27 bits per heavy atom. The number of nitrogens with zero attached hydrogens (tertiary/aromatic N) is 2. The molecule has 0 radical (unpaired) electrons. The standard InChI is InChI=1S/C11H18N2OS/c1-2-13-6-3-4-10(13)11-12-8-9(15-11)5-7-14/h8,10,14H,2-7H2,1H3. The second-order valence-corrected chi connectivity index (χ2v) is 5.07. The maximum Gasteiger partial charge on any atom is 0.110 e. The fourth-order valence-electron chi connectivity index (χ4n) is 2.19. The van der Waals surface area contributed by atoms with Crippen LogP contribution in [-0.2, 0) is 6.42 Å². The van der Waals surface area contributed by atoms with Crippen molar-refractivity contribution in [3.8, 4) is 0 Å². The molecule has 0 amide bonds. The van der Waals surface area contributed by atoms with Crippen molar-refractivity contribution in [2.75, 3.05) is 19.7 Å². The van der Waals surface area contributed by atoms with Crippen molar-refractivity contribution in [3.63, 3.8) is 0 Å². The maximum atomic E-state index is 8.86. The highest BCUT2D eigenvalue weighted by molar-refractivity contribution is 7.11. The summed E-state index contributed by atoms with van der Waals surface area (Å²) in [5.41, 5.74) is 0. The van der Waals surface area contributed by atoms with E-state index in [0.29, 0.717) is 6.04 Å². The fraction of sp³-hybridized carbons (Fsp3) is 0.727. The summed E-state index contributed by atoms with van der Waals surface area (Å²) in [7, 11) is 0. The molecule has 1 N–H and O–H groups in total. The number of hydrogen-bond acceptors (Lipinski definition) is 4. The first-order chi connectivity index (χ1) is 7.35. The van der Waals surface area contributed by atoms with Gasteiger partial charge < -0.3 is 5.11 Å². The lowest BCUT2D eigenvalue weighted by atomic mass is 10.2. The van der Waals surface area contributed by atoms with Gasteiger partial charge in [0.25, 0.3) is 0 Å². The van der Waals surface area contributed by atoms with E-state index in [1.807, 2.05) is 6.20 Å². The monoisotopic (exact) mass is 226 g/mol. The molecular weight excluding hydrogens is 208 g/mol. The van der Waals surface area contributed by atoms with Crippen LogP contribution in [0.2, 0.25) is 0 Å². The Morgan fingerprint density at radius 2 is 2.53 bits per heavy atom. The van der Waals surface area contributed by atoms with Crippen LogP contribution in [0.3, 0.4) is 0 Å². The Balaban J connectivity index is 2.07. The van der Waals surface area contributed by atoms with E-state index < -0.39 is 0 Å². The Labute approximate surface area is 94.8 Å². The average Bonchev–Trinajstić information content (AvgIpc) is 2.84. The SMILES string of the molecule is CCN1CCCC1c1ncc(CCO)s1. The predicted molar refractivity (Wildman–Crippen MR) is 62.1 cm³/mol. The van der Waals surface area contributed by atoms with Crippen molar-refractivity contribution in [2.24, 2.45) is 0 Å². The van der Waals surface area contributed by atoms with E-state index in [1.54, 1.807) is 11.3 Å². The lowest BCUT2D eigenvalue weighted by Crippen LogP contribution is -2.22. The molecule has 0 aromatic carbocycles. The smallest absolute Gasteiger partial charge is 0.110 e. The molecule has 1 unspecified atom stereocenters. The van der Waals surface area contributed by atoms with Gasteiger partial charge in [-0.15, -0.1) is 11.3 Å². The molecule has 0 aliphatic carbocycles. The number of likely N-dealkylation sites (tertiary alicyclic amines) is 1. The molecule has 84 valence electrons. The maximum absolute atomic E-state index is 8.86. The van der Waals surface area contributed by atoms with E-state index in [1.165, 1.54) is 29.3 Å². The van der Waals surface area contributed by atoms with Gasteiger partial charge >= 0.3 is 0 Å². The molecule has 0 bridgehead atoms. The molecule has 0 saturated carbocycles. The molecule has 1 fully saturated rings. The normalized spacial score (nSPS) is 22.4. The quantitative estimate of drug-likeness (QED) is 0.851. The van der Waals surface area contributed by atoms with Crippen LogP contribution in [0, 0.1) is 0 Å². The second kappa shape index (κ2) is 5.05. The summed E-state index contributed by atoms with van der Waals surface area (Å²) in [6.45, 7) is 4.75. The zero-order valence-electron chi connectivity index (χ0n) is 9.15. The Bertz CT molecular complexity index is 313. The lowest BCUT2D eigenvalue weighted by molar-refractivity contribution is 0.271. The lowest BCUT2D eigenvalue weighted by Gasteiger charge is -2.20. The summed E-state index contributed by atoms with van der Waals surface area (Å²) in [6, 6.07) is 0.535. The first-order valence-electron chi connectivity index (χ1n) is 5.64. The Hall–Kier alpha value is -0.450. The van der Waals surface area contributed by atoms with Gasteiger partial charge in [0.05, 0.1) is 6.04 Å². The molecule has 1 aliphatic heterocycles. The zero-order valence-corrected chi connectivity index (χ0v) is 9.96. The van der Waals surface area contributed by atoms with Crippen LogP contribution in [0.4, 0.5) is 0 Å². The Morgan fingerprint density at radius 1 is 1.67 bits per heavy atom. The number of aliphatic hydroxyl groups is 1. The summed E-state index contributed by atoms with van der Waals surface area (Å²) in [4.78, 5) is 8.17. The third kappa shape index (κ3) is 2.38. The summed E-state index contributed by atoms with van der Waals surface area (Å²) >= 11 is 1.76. The Kier molecular flexibility index (Phi) is 3.72. The largest absolute Gasteiger partial charge is 0.396 e.